The molecule has 4 heterocycles. The lowest BCUT2D eigenvalue weighted by Crippen LogP contribution is -2.49. The second-order valence-electron chi connectivity index (χ2n) is 11.8. The smallest absolute Gasteiger partial charge is 0.248 e. The van der Waals surface area contributed by atoms with Crippen LogP contribution < -0.4 is 19.7 Å². The maximum atomic E-state index is 12.2. The van der Waals surface area contributed by atoms with Gasteiger partial charge in [0.2, 0.25) is 11.9 Å². The van der Waals surface area contributed by atoms with Crippen molar-refractivity contribution in [2.24, 2.45) is 0 Å². The molecule has 0 bridgehead atoms. The maximum absolute atomic E-state index is 12.2. The molecule has 3 fully saturated rings. The van der Waals surface area contributed by atoms with E-state index in [9.17, 15) is 10.1 Å². The standard InChI is InChI=1S/C34H41N7O5/c1-24(22-41-15-18-45-23-33(41)42)46-31-19-25(3-4-26(31)21-35)29-7-10-36-34(37-29)38-30-6-5-28(20-32(30)43-2)39-11-8-27(9-12-39)40-13-16-44-17-14-40/h3-7,10,19-20,24,27H,8-9,11-18,22-23H2,1-2H3,(H,36,37,38)/t24-/m0/s1. The van der Waals surface area contributed by atoms with E-state index in [0.29, 0.717) is 54.4 Å². The maximum Gasteiger partial charge on any atom is 0.248 e. The highest BCUT2D eigenvalue weighted by molar-refractivity contribution is 5.78. The minimum absolute atomic E-state index is 0.0626. The first-order valence-electron chi connectivity index (χ1n) is 15.9. The van der Waals surface area contributed by atoms with Gasteiger partial charge in [-0.15, -0.1) is 0 Å². The van der Waals surface area contributed by atoms with Crippen molar-refractivity contribution >= 4 is 23.2 Å². The average molecular weight is 628 g/mol. The number of hydrogen-bond acceptors (Lipinski definition) is 11. The zero-order valence-electron chi connectivity index (χ0n) is 26.5. The van der Waals surface area contributed by atoms with E-state index in [1.54, 1.807) is 30.3 Å². The predicted octanol–water partition coefficient (Wildman–Crippen LogP) is 3.69. The largest absolute Gasteiger partial charge is 0.494 e. The van der Waals surface area contributed by atoms with Gasteiger partial charge >= 0.3 is 0 Å². The Labute approximate surface area is 269 Å². The molecule has 0 saturated carbocycles. The van der Waals surface area contributed by atoms with E-state index >= 15 is 0 Å². The normalized spacial score (nSPS) is 18.6. The van der Waals surface area contributed by atoms with Crippen molar-refractivity contribution in [1.29, 1.82) is 5.26 Å². The van der Waals surface area contributed by atoms with Gasteiger partial charge in [0, 0.05) is 62.3 Å². The molecule has 3 saturated heterocycles. The summed E-state index contributed by atoms with van der Waals surface area (Å²) in [6.07, 6.45) is 3.64. The number of nitrogens with one attached hydrogen (secondary N) is 1. The van der Waals surface area contributed by atoms with Gasteiger partial charge in [-0.05, 0) is 50.1 Å². The predicted molar refractivity (Wildman–Crippen MR) is 174 cm³/mol. The summed E-state index contributed by atoms with van der Waals surface area (Å²) in [7, 11) is 1.67. The van der Waals surface area contributed by atoms with Crippen molar-refractivity contribution in [2.45, 2.75) is 31.9 Å². The van der Waals surface area contributed by atoms with Crippen LogP contribution in [-0.2, 0) is 14.3 Å². The Morgan fingerprint density at radius 3 is 2.59 bits per heavy atom. The molecule has 12 heteroatoms. The fraction of sp³-hybridized carbons (Fsp3) is 0.471. The monoisotopic (exact) mass is 627 g/mol. The molecule has 0 radical (unpaired) electrons. The molecular weight excluding hydrogens is 586 g/mol. The van der Waals surface area contributed by atoms with Gasteiger partial charge in [-0.2, -0.15) is 5.26 Å². The summed E-state index contributed by atoms with van der Waals surface area (Å²) < 4.78 is 22.7. The summed E-state index contributed by atoms with van der Waals surface area (Å²) in [4.78, 5) is 28.1. The fourth-order valence-electron chi connectivity index (χ4n) is 6.29. The van der Waals surface area contributed by atoms with E-state index < -0.39 is 0 Å². The number of carbonyl (C=O) groups excluding carboxylic acids is 1. The zero-order valence-corrected chi connectivity index (χ0v) is 26.5. The molecule has 0 unspecified atom stereocenters. The number of aromatic nitrogens is 2. The number of benzene rings is 2. The Bertz CT molecular complexity index is 1550. The van der Waals surface area contributed by atoms with Gasteiger partial charge < -0.3 is 34.1 Å². The Morgan fingerprint density at radius 1 is 1.02 bits per heavy atom. The van der Waals surface area contributed by atoms with Gasteiger partial charge in [-0.1, -0.05) is 6.07 Å². The SMILES string of the molecule is COc1cc(N2CCC(N3CCOCC3)CC2)ccc1Nc1nccc(-c2ccc(C#N)c(O[C@@H](C)CN3CCOCC3=O)c2)n1. The highest BCUT2D eigenvalue weighted by atomic mass is 16.5. The zero-order chi connectivity index (χ0) is 31.9. The summed E-state index contributed by atoms with van der Waals surface area (Å²) in [6.45, 7) is 9.14. The quantitative estimate of drug-likeness (QED) is 0.354. The summed E-state index contributed by atoms with van der Waals surface area (Å²) in [5, 5.41) is 13.0. The highest BCUT2D eigenvalue weighted by Crippen LogP contribution is 2.34. The number of amides is 1. The molecule has 46 heavy (non-hydrogen) atoms. The molecular formula is C34H41N7O5. The third kappa shape index (κ3) is 7.50. The molecule has 0 aliphatic carbocycles. The first kappa shape index (κ1) is 31.5. The van der Waals surface area contributed by atoms with Crippen LogP contribution in [0.15, 0.2) is 48.7 Å². The second kappa shape index (κ2) is 14.8. The van der Waals surface area contributed by atoms with Crippen LogP contribution in [0.1, 0.15) is 25.3 Å². The number of piperidine rings is 1. The van der Waals surface area contributed by atoms with Crippen molar-refractivity contribution in [3.63, 3.8) is 0 Å². The summed E-state index contributed by atoms with van der Waals surface area (Å²) in [5.41, 5.74) is 3.75. The molecule has 12 nitrogen and oxygen atoms in total. The molecule has 1 N–H and O–H groups in total. The number of methoxy groups -OCH3 is 1. The minimum Gasteiger partial charge on any atom is -0.494 e. The van der Waals surface area contributed by atoms with E-state index in [1.807, 2.05) is 25.1 Å². The van der Waals surface area contributed by atoms with Crippen LogP contribution in [0.2, 0.25) is 0 Å². The molecule has 6 rings (SSSR count). The van der Waals surface area contributed by atoms with E-state index in [2.05, 4.69) is 38.3 Å². The van der Waals surface area contributed by atoms with Crippen molar-refractivity contribution < 1.29 is 23.7 Å². The second-order valence-corrected chi connectivity index (χ2v) is 11.8. The highest BCUT2D eigenvalue weighted by Gasteiger charge is 2.26. The molecule has 1 amide bonds. The van der Waals surface area contributed by atoms with E-state index in [-0.39, 0.29) is 18.6 Å². The van der Waals surface area contributed by atoms with E-state index in [0.717, 1.165) is 69.2 Å². The Kier molecular flexibility index (Phi) is 10.1. The van der Waals surface area contributed by atoms with Gasteiger partial charge in [0.1, 0.15) is 30.3 Å². The number of rotatable bonds is 10. The van der Waals surface area contributed by atoms with E-state index in [4.69, 9.17) is 23.9 Å². The van der Waals surface area contributed by atoms with E-state index in [1.165, 1.54) is 0 Å². The molecule has 0 spiro atoms. The van der Waals surface area contributed by atoms with Gasteiger partial charge in [-0.3, -0.25) is 9.69 Å². The Morgan fingerprint density at radius 2 is 1.83 bits per heavy atom. The summed E-state index contributed by atoms with van der Waals surface area (Å²) in [5.74, 6) is 1.50. The third-order valence-electron chi connectivity index (χ3n) is 8.77. The van der Waals surface area contributed by atoms with Crippen LogP contribution in [-0.4, -0.2) is 111 Å². The fourth-order valence-corrected chi connectivity index (χ4v) is 6.29. The summed E-state index contributed by atoms with van der Waals surface area (Å²) in [6, 6.07) is 16.2. The lowest BCUT2D eigenvalue weighted by molar-refractivity contribution is -0.143. The number of hydrogen-bond donors (Lipinski definition) is 1. The Hall–Kier alpha value is -4.44. The topological polar surface area (TPSA) is 125 Å². The molecule has 3 aliphatic rings. The van der Waals surface area contributed by atoms with Crippen LogP contribution in [0.25, 0.3) is 11.3 Å². The van der Waals surface area contributed by atoms with Crippen LogP contribution in [0.3, 0.4) is 0 Å². The van der Waals surface area contributed by atoms with Gasteiger partial charge in [0.25, 0.3) is 0 Å². The van der Waals surface area contributed by atoms with Crippen molar-refractivity contribution in [1.82, 2.24) is 19.8 Å². The van der Waals surface area contributed by atoms with Crippen LogP contribution >= 0.6 is 0 Å². The number of carbonyl (C=O) groups is 1. The van der Waals surface area contributed by atoms with Crippen molar-refractivity contribution in [2.75, 3.05) is 83.0 Å². The number of morpholine rings is 2. The first-order chi connectivity index (χ1) is 22.5. The van der Waals surface area contributed by atoms with Crippen LogP contribution in [0.4, 0.5) is 17.3 Å². The first-order valence-corrected chi connectivity index (χ1v) is 15.9. The minimum atomic E-state index is -0.321. The molecule has 242 valence electrons. The molecule has 2 aromatic carbocycles. The number of ether oxygens (including phenoxy) is 4. The third-order valence-corrected chi connectivity index (χ3v) is 8.77. The number of nitrogens with zero attached hydrogens (tertiary/aromatic N) is 6. The van der Waals surface area contributed by atoms with Crippen LogP contribution in [0, 0.1) is 11.3 Å². The average Bonchev–Trinajstić information content (AvgIpc) is 3.10. The van der Waals surface area contributed by atoms with Gasteiger partial charge in [0.15, 0.2) is 0 Å². The number of anilines is 3. The van der Waals surface area contributed by atoms with Gasteiger partial charge in [-0.25, -0.2) is 9.97 Å². The van der Waals surface area contributed by atoms with Crippen molar-refractivity contribution in [3.05, 3.63) is 54.2 Å². The number of nitriles is 1. The lowest BCUT2D eigenvalue weighted by Gasteiger charge is -2.40. The van der Waals surface area contributed by atoms with Gasteiger partial charge in [0.05, 0.1) is 50.4 Å². The molecule has 3 aromatic rings. The molecule has 1 atom stereocenters. The molecule has 3 aliphatic heterocycles. The summed E-state index contributed by atoms with van der Waals surface area (Å²) >= 11 is 0. The van der Waals surface area contributed by atoms with Crippen molar-refractivity contribution in [3.8, 4) is 28.8 Å². The van der Waals surface area contributed by atoms with Crippen LogP contribution in [0.5, 0.6) is 11.5 Å². The molecule has 1 aromatic heterocycles. The lowest BCUT2D eigenvalue weighted by atomic mass is 10.0. The Balaban J connectivity index is 1.12.